The molecule has 0 fully saturated rings. The van der Waals surface area contributed by atoms with Crippen LogP contribution >= 0.6 is 0 Å². The zero-order valence-electron chi connectivity index (χ0n) is 10.2. The lowest BCUT2D eigenvalue weighted by atomic mass is 10.1. The van der Waals surface area contributed by atoms with Crippen molar-refractivity contribution in [2.24, 2.45) is 4.99 Å². The molecule has 0 unspecified atom stereocenters. The Balaban J connectivity index is 4.02. The van der Waals surface area contributed by atoms with Gasteiger partial charge in [0.1, 0.15) is 0 Å². The quantitative estimate of drug-likeness (QED) is 0.521. The molecule has 0 amide bonds. The van der Waals surface area contributed by atoms with E-state index in [9.17, 15) is 0 Å². The standard InChI is InChI=1S/C10H24N2Si/c1-9(2,3)11-7-8(13)12-10(4,5)6/h11H,7H2,1-6,13H3. The number of nitrogens with one attached hydrogen (secondary N) is 1. The molecule has 2 nitrogen and oxygen atoms in total. The second-order valence-corrected chi connectivity index (χ2v) is 6.78. The van der Waals surface area contributed by atoms with Gasteiger partial charge in [-0.15, -0.1) is 0 Å². The van der Waals surface area contributed by atoms with Gasteiger partial charge in [-0.2, -0.15) is 0 Å². The van der Waals surface area contributed by atoms with E-state index < -0.39 is 0 Å². The number of aliphatic imine (C=N–C) groups is 1. The van der Waals surface area contributed by atoms with E-state index >= 15 is 0 Å². The van der Waals surface area contributed by atoms with E-state index in [0.717, 1.165) is 16.8 Å². The zero-order valence-corrected chi connectivity index (χ0v) is 12.2. The van der Waals surface area contributed by atoms with Gasteiger partial charge in [0.05, 0.1) is 15.8 Å². The summed E-state index contributed by atoms with van der Waals surface area (Å²) in [5.41, 5.74) is 0.277. The third-order valence-electron chi connectivity index (χ3n) is 1.40. The molecule has 0 aliphatic rings. The first-order chi connectivity index (χ1) is 5.60. The molecule has 0 radical (unpaired) electrons. The maximum absolute atomic E-state index is 4.63. The fourth-order valence-corrected chi connectivity index (χ4v) is 1.85. The Labute approximate surface area is 85.6 Å². The van der Waals surface area contributed by atoms with Crippen LogP contribution < -0.4 is 5.32 Å². The van der Waals surface area contributed by atoms with Gasteiger partial charge in [0.15, 0.2) is 0 Å². The first-order valence-electron chi connectivity index (χ1n) is 4.90. The predicted molar refractivity (Wildman–Crippen MR) is 64.9 cm³/mol. The molecule has 0 rings (SSSR count). The Morgan fingerprint density at radius 3 is 1.92 bits per heavy atom. The molecule has 0 aromatic rings. The molecule has 3 heteroatoms. The Bertz CT molecular complexity index is 184. The number of nitrogens with zero attached hydrogens (tertiary/aromatic N) is 1. The lowest BCUT2D eigenvalue weighted by molar-refractivity contribution is 0.454. The van der Waals surface area contributed by atoms with Gasteiger partial charge >= 0.3 is 0 Å². The molecule has 0 spiro atoms. The molecule has 0 aliphatic heterocycles. The van der Waals surface area contributed by atoms with Crippen molar-refractivity contribution >= 4 is 15.6 Å². The SMILES string of the molecule is CC(C)(C)N=C([SiH3])CNC(C)(C)C. The summed E-state index contributed by atoms with van der Waals surface area (Å²) in [5.74, 6) is 0. The minimum absolute atomic E-state index is 0.0800. The highest BCUT2D eigenvalue weighted by atomic mass is 28.1. The van der Waals surface area contributed by atoms with E-state index in [1.54, 1.807) is 0 Å². The van der Waals surface area contributed by atoms with Crippen molar-refractivity contribution in [3.8, 4) is 0 Å². The summed E-state index contributed by atoms with van der Waals surface area (Å²) in [6.45, 7) is 13.9. The van der Waals surface area contributed by atoms with Crippen molar-refractivity contribution in [1.82, 2.24) is 5.32 Å². The van der Waals surface area contributed by atoms with Crippen molar-refractivity contribution in [3.63, 3.8) is 0 Å². The van der Waals surface area contributed by atoms with Crippen LogP contribution in [-0.4, -0.2) is 33.2 Å². The third-order valence-corrected chi connectivity index (χ3v) is 1.98. The molecular formula is C10H24N2Si. The highest BCUT2D eigenvalue weighted by Gasteiger charge is 2.10. The van der Waals surface area contributed by atoms with Crippen LogP contribution in [0.2, 0.25) is 0 Å². The fraction of sp³-hybridized carbons (Fsp3) is 0.900. The van der Waals surface area contributed by atoms with Crippen LogP contribution in [0.25, 0.3) is 0 Å². The zero-order chi connectivity index (χ0) is 10.7. The van der Waals surface area contributed by atoms with E-state index in [0.29, 0.717) is 0 Å². The van der Waals surface area contributed by atoms with Crippen LogP contribution in [0.4, 0.5) is 0 Å². The lowest BCUT2D eigenvalue weighted by Gasteiger charge is -2.22. The van der Waals surface area contributed by atoms with Gasteiger partial charge in [0.25, 0.3) is 0 Å². The fourth-order valence-electron chi connectivity index (χ4n) is 1.01. The van der Waals surface area contributed by atoms with Crippen LogP contribution in [0.3, 0.4) is 0 Å². The Kier molecular flexibility index (Phi) is 4.32. The number of hydrogen-bond donors (Lipinski definition) is 1. The van der Waals surface area contributed by atoms with Gasteiger partial charge in [-0.1, -0.05) is 0 Å². The molecule has 0 heterocycles. The van der Waals surface area contributed by atoms with Crippen molar-refractivity contribution in [2.75, 3.05) is 6.54 Å². The van der Waals surface area contributed by atoms with Crippen LogP contribution in [0.5, 0.6) is 0 Å². The maximum atomic E-state index is 4.63. The molecule has 0 saturated heterocycles. The average molecular weight is 200 g/mol. The largest absolute Gasteiger partial charge is 0.307 e. The molecule has 0 atom stereocenters. The second-order valence-electron chi connectivity index (χ2n) is 5.62. The van der Waals surface area contributed by atoms with Crippen molar-refractivity contribution in [3.05, 3.63) is 0 Å². The highest BCUT2D eigenvalue weighted by Crippen LogP contribution is 2.06. The Morgan fingerprint density at radius 2 is 1.62 bits per heavy atom. The normalized spacial score (nSPS) is 15.1. The highest BCUT2D eigenvalue weighted by molar-refractivity contribution is 6.60. The van der Waals surface area contributed by atoms with Crippen LogP contribution in [-0.2, 0) is 0 Å². The molecular weight excluding hydrogens is 176 g/mol. The molecule has 0 aliphatic carbocycles. The number of rotatable bonds is 2. The minimum atomic E-state index is 0.0800. The average Bonchev–Trinajstić information content (AvgIpc) is 1.78. The minimum Gasteiger partial charge on any atom is -0.307 e. The van der Waals surface area contributed by atoms with Gasteiger partial charge < -0.3 is 5.32 Å². The van der Waals surface area contributed by atoms with Crippen LogP contribution in [0.15, 0.2) is 4.99 Å². The monoisotopic (exact) mass is 200 g/mol. The van der Waals surface area contributed by atoms with Crippen molar-refractivity contribution in [1.29, 1.82) is 0 Å². The second kappa shape index (κ2) is 4.38. The summed E-state index contributed by atoms with van der Waals surface area (Å²) in [4.78, 5) is 4.63. The van der Waals surface area contributed by atoms with Crippen molar-refractivity contribution in [2.45, 2.75) is 52.6 Å². The molecule has 0 aromatic heterocycles. The summed E-state index contributed by atoms with van der Waals surface area (Å²) in [7, 11) is 1.05. The smallest absolute Gasteiger partial charge is 0.0581 e. The van der Waals surface area contributed by atoms with Gasteiger partial charge in [-0.25, -0.2) is 0 Å². The van der Waals surface area contributed by atoms with E-state index in [-0.39, 0.29) is 11.1 Å². The van der Waals surface area contributed by atoms with E-state index in [2.05, 4.69) is 51.9 Å². The van der Waals surface area contributed by atoms with Crippen LogP contribution in [0, 0.1) is 0 Å². The summed E-state index contributed by atoms with van der Waals surface area (Å²) in [6, 6.07) is 0. The van der Waals surface area contributed by atoms with E-state index in [1.807, 2.05) is 0 Å². The molecule has 1 N–H and O–H groups in total. The van der Waals surface area contributed by atoms with Gasteiger partial charge in [0, 0.05) is 17.4 Å². The maximum Gasteiger partial charge on any atom is 0.0581 e. The van der Waals surface area contributed by atoms with Gasteiger partial charge in [0.2, 0.25) is 0 Å². The molecule has 78 valence electrons. The van der Waals surface area contributed by atoms with E-state index in [1.165, 1.54) is 5.33 Å². The summed E-state index contributed by atoms with van der Waals surface area (Å²) in [6.07, 6.45) is 0. The topological polar surface area (TPSA) is 24.4 Å². The summed E-state index contributed by atoms with van der Waals surface area (Å²) < 4.78 is 0. The predicted octanol–water partition coefficient (Wildman–Crippen LogP) is 0.937. The third kappa shape index (κ3) is 9.76. The molecule has 0 bridgehead atoms. The molecule has 13 heavy (non-hydrogen) atoms. The first-order valence-corrected chi connectivity index (χ1v) is 5.90. The number of hydrogen-bond acceptors (Lipinski definition) is 2. The first kappa shape index (κ1) is 12.8. The summed E-state index contributed by atoms with van der Waals surface area (Å²) >= 11 is 0. The van der Waals surface area contributed by atoms with Gasteiger partial charge in [-0.3, -0.25) is 4.99 Å². The molecule has 0 saturated carbocycles. The van der Waals surface area contributed by atoms with Crippen LogP contribution in [0.1, 0.15) is 41.5 Å². The van der Waals surface area contributed by atoms with Crippen molar-refractivity contribution < 1.29 is 0 Å². The summed E-state index contributed by atoms with van der Waals surface area (Å²) in [5, 5.41) is 4.76. The Morgan fingerprint density at radius 1 is 1.15 bits per heavy atom. The van der Waals surface area contributed by atoms with E-state index in [4.69, 9.17) is 0 Å². The Hall–Kier alpha value is -0.153. The molecule has 0 aromatic carbocycles. The lowest BCUT2D eigenvalue weighted by Crippen LogP contribution is -2.40. The van der Waals surface area contributed by atoms with Gasteiger partial charge in [-0.05, 0) is 41.5 Å².